The number of aromatic nitrogens is 1. The Morgan fingerprint density at radius 2 is 2.15 bits per heavy atom. The number of ether oxygens (including phenoxy) is 1. The molecule has 0 fully saturated rings. The smallest absolute Gasteiger partial charge is 0.341 e. The average Bonchev–Trinajstić information content (AvgIpc) is 3.17. The maximum atomic E-state index is 11.6. The zero-order valence-electron chi connectivity index (χ0n) is 15.4. The van der Waals surface area contributed by atoms with Crippen LogP contribution in [-0.4, -0.2) is 37.1 Å². The van der Waals surface area contributed by atoms with Crippen molar-refractivity contribution in [3.63, 3.8) is 0 Å². The number of hydrogen-bond donors (Lipinski definition) is 2. The molecule has 0 amide bonds. The van der Waals surface area contributed by atoms with E-state index >= 15 is 0 Å². The van der Waals surface area contributed by atoms with E-state index in [1.807, 2.05) is 13.8 Å². The lowest BCUT2D eigenvalue weighted by atomic mass is 10.2. The molecule has 0 bridgehead atoms. The predicted molar refractivity (Wildman–Crippen MR) is 114 cm³/mol. The molecule has 2 aromatic heterocycles. The number of aliphatic imine (C=N–C) groups is 1. The standard InChI is InChI=1S/C17H24N4O3S.HI/c1-5-18-17(19-7-6-13-10-25-12(3)21-13)20-9-14-8-15(11(2)24-14)16(22)23-4;/h8,10H,5-7,9H2,1-4H3,(H2,18,19,20);1H. The largest absolute Gasteiger partial charge is 0.465 e. The molecule has 0 spiro atoms. The van der Waals surface area contributed by atoms with Crippen LogP contribution < -0.4 is 10.6 Å². The number of hydrogen-bond acceptors (Lipinski definition) is 6. The van der Waals surface area contributed by atoms with E-state index in [0.29, 0.717) is 29.6 Å². The van der Waals surface area contributed by atoms with Crippen molar-refractivity contribution >= 4 is 47.2 Å². The fourth-order valence-corrected chi connectivity index (χ4v) is 2.91. The topological polar surface area (TPSA) is 88.8 Å². The summed E-state index contributed by atoms with van der Waals surface area (Å²) in [5.74, 6) is 1.45. The first-order valence-corrected chi connectivity index (χ1v) is 9.02. The SMILES string of the molecule is CCNC(=NCc1cc(C(=O)OC)c(C)o1)NCCc1csc(C)n1.I. The number of thiazole rings is 1. The number of guanidine groups is 1. The van der Waals surface area contributed by atoms with Gasteiger partial charge in [0.15, 0.2) is 5.96 Å². The third-order valence-corrected chi connectivity index (χ3v) is 4.27. The Hall–Kier alpha value is -1.62. The molecule has 0 radical (unpaired) electrons. The monoisotopic (exact) mass is 492 g/mol. The highest BCUT2D eigenvalue weighted by Gasteiger charge is 2.15. The van der Waals surface area contributed by atoms with Crippen LogP contribution in [0.5, 0.6) is 0 Å². The second-order valence-electron chi connectivity index (χ2n) is 5.40. The number of aryl methyl sites for hydroxylation is 2. The van der Waals surface area contributed by atoms with E-state index in [4.69, 9.17) is 9.15 Å². The summed E-state index contributed by atoms with van der Waals surface area (Å²) < 4.78 is 10.3. The highest BCUT2D eigenvalue weighted by molar-refractivity contribution is 14.0. The molecule has 0 aliphatic rings. The fraction of sp³-hybridized carbons (Fsp3) is 0.471. The summed E-state index contributed by atoms with van der Waals surface area (Å²) in [7, 11) is 1.35. The quantitative estimate of drug-likeness (QED) is 0.268. The van der Waals surface area contributed by atoms with Gasteiger partial charge < -0.3 is 19.8 Å². The van der Waals surface area contributed by atoms with E-state index in [9.17, 15) is 4.79 Å². The lowest BCUT2D eigenvalue weighted by Gasteiger charge is -2.10. The minimum atomic E-state index is -0.403. The van der Waals surface area contributed by atoms with Crippen LogP contribution in [0, 0.1) is 13.8 Å². The van der Waals surface area contributed by atoms with Gasteiger partial charge in [-0.3, -0.25) is 0 Å². The number of rotatable bonds is 7. The summed E-state index contributed by atoms with van der Waals surface area (Å²) in [6, 6.07) is 1.67. The number of esters is 1. The number of carbonyl (C=O) groups is 1. The molecule has 2 N–H and O–H groups in total. The van der Waals surface area contributed by atoms with E-state index in [-0.39, 0.29) is 24.0 Å². The fourth-order valence-electron chi connectivity index (χ4n) is 2.26. The van der Waals surface area contributed by atoms with Crippen LogP contribution in [0.1, 0.15) is 39.5 Å². The molecular weight excluding hydrogens is 467 g/mol. The van der Waals surface area contributed by atoms with E-state index in [1.54, 1.807) is 24.3 Å². The second-order valence-corrected chi connectivity index (χ2v) is 6.47. The van der Waals surface area contributed by atoms with Crippen molar-refractivity contribution in [2.24, 2.45) is 4.99 Å². The molecule has 2 heterocycles. The summed E-state index contributed by atoms with van der Waals surface area (Å²) in [6.45, 7) is 7.57. The predicted octanol–water partition coefficient (Wildman–Crippen LogP) is 3.06. The van der Waals surface area contributed by atoms with Gasteiger partial charge >= 0.3 is 5.97 Å². The van der Waals surface area contributed by atoms with Gasteiger partial charge in [-0.1, -0.05) is 0 Å². The van der Waals surface area contributed by atoms with Gasteiger partial charge in [0.05, 0.1) is 17.8 Å². The van der Waals surface area contributed by atoms with Crippen LogP contribution >= 0.6 is 35.3 Å². The third kappa shape index (κ3) is 6.60. The molecule has 7 nitrogen and oxygen atoms in total. The molecule has 0 unspecified atom stereocenters. The first-order valence-electron chi connectivity index (χ1n) is 8.14. The molecule has 0 aromatic carbocycles. The van der Waals surface area contributed by atoms with Crippen LogP contribution in [0.15, 0.2) is 20.9 Å². The number of methoxy groups -OCH3 is 1. The number of furan rings is 1. The minimum absolute atomic E-state index is 0. The van der Waals surface area contributed by atoms with Crippen molar-refractivity contribution in [2.45, 2.75) is 33.7 Å². The van der Waals surface area contributed by atoms with Crippen LogP contribution in [0.25, 0.3) is 0 Å². The first-order chi connectivity index (χ1) is 12.0. The van der Waals surface area contributed by atoms with Gasteiger partial charge in [-0.15, -0.1) is 35.3 Å². The van der Waals surface area contributed by atoms with Crippen molar-refractivity contribution in [3.8, 4) is 0 Å². The maximum Gasteiger partial charge on any atom is 0.341 e. The lowest BCUT2D eigenvalue weighted by molar-refractivity contribution is 0.0599. The summed E-state index contributed by atoms with van der Waals surface area (Å²) in [5, 5.41) is 9.61. The highest BCUT2D eigenvalue weighted by atomic mass is 127. The molecule has 0 aliphatic heterocycles. The van der Waals surface area contributed by atoms with Gasteiger partial charge in [0, 0.05) is 24.9 Å². The number of carbonyl (C=O) groups excluding carboxylic acids is 1. The van der Waals surface area contributed by atoms with Crippen molar-refractivity contribution in [1.82, 2.24) is 15.6 Å². The van der Waals surface area contributed by atoms with Crippen molar-refractivity contribution in [3.05, 3.63) is 39.2 Å². The van der Waals surface area contributed by atoms with Crippen LogP contribution in [0.4, 0.5) is 0 Å². The Morgan fingerprint density at radius 3 is 2.77 bits per heavy atom. The Kier molecular flexibility index (Phi) is 9.63. The maximum absolute atomic E-state index is 11.6. The Morgan fingerprint density at radius 1 is 1.38 bits per heavy atom. The molecule has 0 aliphatic carbocycles. The molecule has 0 saturated heterocycles. The normalized spacial score (nSPS) is 11.0. The third-order valence-electron chi connectivity index (χ3n) is 3.45. The number of nitrogens with one attached hydrogen (secondary N) is 2. The highest BCUT2D eigenvalue weighted by Crippen LogP contribution is 2.16. The minimum Gasteiger partial charge on any atom is -0.465 e. The van der Waals surface area contributed by atoms with E-state index in [0.717, 1.165) is 30.2 Å². The molecule has 2 rings (SSSR count). The molecule has 144 valence electrons. The summed E-state index contributed by atoms with van der Waals surface area (Å²) in [4.78, 5) is 20.6. The van der Waals surface area contributed by atoms with Crippen molar-refractivity contribution < 1.29 is 13.9 Å². The van der Waals surface area contributed by atoms with Gasteiger partial charge in [-0.05, 0) is 26.8 Å². The van der Waals surface area contributed by atoms with Gasteiger partial charge in [0.25, 0.3) is 0 Å². The van der Waals surface area contributed by atoms with Gasteiger partial charge in [0.2, 0.25) is 0 Å². The molecular formula is C17H25IN4O3S. The molecule has 0 atom stereocenters. The summed E-state index contributed by atoms with van der Waals surface area (Å²) >= 11 is 1.65. The van der Waals surface area contributed by atoms with Gasteiger partial charge in [0.1, 0.15) is 23.6 Å². The Bertz CT molecular complexity index is 742. The number of nitrogens with zero attached hydrogens (tertiary/aromatic N) is 2. The molecule has 2 aromatic rings. The molecule has 9 heteroatoms. The van der Waals surface area contributed by atoms with Crippen molar-refractivity contribution in [2.75, 3.05) is 20.2 Å². The average molecular weight is 492 g/mol. The Labute approximate surface area is 174 Å². The van der Waals surface area contributed by atoms with Crippen molar-refractivity contribution in [1.29, 1.82) is 0 Å². The first kappa shape index (κ1) is 22.4. The number of halogens is 1. The Balaban J connectivity index is 0.00000338. The summed E-state index contributed by atoms with van der Waals surface area (Å²) in [5.41, 5.74) is 1.51. The lowest BCUT2D eigenvalue weighted by Crippen LogP contribution is -2.38. The molecule has 0 saturated carbocycles. The molecule has 26 heavy (non-hydrogen) atoms. The van der Waals surface area contributed by atoms with Crippen LogP contribution in [0.3, 0.4) is 0 Å². The summed E-state index contributed by atoms with van der Waals surface area (Å²) in [6.07, 6.45) is 0.834. The van der Waals surface area contributed by atoms with E-state index in [1.165, 1.54) is 7.11 Å². The van der Waals surface area contributed by atoms with Gasteiger partial charge in [-0.2, -0.15) is 0 Å². The van der Waals surface area contributed by atoms with Crippen LogP contribution in [0.2, 0.25) is 0 Å². The zero-order chi connectivity index (χ0) is 18.2. The van der Waals surface area contributed by atoms with Gasteiger partial charge in [-0.25, -0.2) is 14.8 Å². The second kappa shape index (κ2) is 11.2. The zero-order valence-corrected chi connectivity index (χ0v) is 18.6. The van der Waals surface area contributed by atoms with Crippen LogP contribution in [-0.2, 0) is 17.7 Å². The van der Waals surface area contributed by atoms with E-state index < -0.39 is 5.97 Å². The van der Waals surface area contributed by atoms with E-state index in [2.05, 4.69) is 26.0 Å².